The van der Waals surface area contributed by atoms with E-state index in [1.807, 2.05) is 6.92 Å². The number of carbonyl (C=O) groups is 2. The Labute approximate surface area is 168 Å². The van der Waals surface area contributed by atoms with Gasteiger partial charge in [-0.1, -0.05) is 12.1 Å². The molecule has 3 rings (SSSR count). The molecule has 156 valence electrons. The molecule has 1 saturated carbocycles. The molecule has 0 saturated heterocycles. The zero-order chi connectivity index (χ0) is 20.8. The highest BCUT2D eigenvalue weighted by Crippen LogP contribution is 2.25. The van der Waals surface area contributed by atoms with Gasteiger partial charge in [-0.25, -0.2) is 4.39 Å². The number of hydrogen-bond acceptors (Lipinski definition) is 4. The van der Waals surface area contributed by atoms with Crippen LogP contribution in [0.25, 0.3) is 0 Å². The van der Waals surface area contributed by atoms with Gasteiger partial charge in [-0.05, 0) is 50.3 Å². The number of aromatic nitrogens is 1. The fraction of sp³-hybridized carbons (Fsp3) is 0.476. The molecular weight excluding hydrogens is 377 g/mol. The van der Waals surface area contributed by atoms with Crippen LogP contribution in [0.1, 0.15) is 56.4 Å². The molecule has 1 aliphatic rings. The van der Waals surface area contributed by atoms with Crippen molar-refractivity contribution >= 4 is 11.8 Å². The number of hydrogen-bond donors (Lipinski definition) is 3. The lowest BCUT2D eigenvalue weighted by Crippen LogP contribution is -2.41. The normalized spacial score (nSPS) is 20.1. The lowest BCUT2D eigenvalue weighted by Gasteiger charge is -2.29. The highest BCUT2D eigenvalue weighted by atomic mass is 19.1. The van der Waals surface area contributed by atoms with E-state index in [0.29, 0.717) is 25.0 Å². The van der Waals surface area contributed by atoms with Crippen molar-refractivity contribution in [3.63, 3.8) is 0 Å². The number of halogens is 1. The van der Waals surface area contributed by atoms with Crippen molar-refractivity contribution < 1.29 is 18.5 Å². The van der Waals surface area contributed by atoms with E-state index in [9.17, 15) is 18.8 Å². The van der Waals surface area contributed by atoms with Gasteiger partial charge in [-0.15, -0.1) is 0 Å². The third-order valence-corrected chi connectivity index (χ3v) is 5.37. The molecule has 29 heavy (non-hydrogen) atoms. The van der Waals surface area contributed by atoms with E-state index in [4.69, 9.17) is 4.52 Å². The standard InChI is InChI=1S/C21H26FN3O4/c1-13(14-2-6-16(22)7-3-14)23-21(28)15-4-8-17(9-5-15)24-19(26)11-10-18-12-20(27)25-29-18/h2-3,6-7,12-13,15,17H,4-5,8-11H2,1H3,(H,23,28)(H,24,26)(H,25,27). The number of rotatable bonds is 7. The summed E-state index contributed by atoms with van der Waals surface area (Å²) >= 11 is 0. The van der Waals surface area contributed by atoms with E-state index in [1.165, 1.54) is 18.2 Å². The lowest BCUT2D eigenvalue weighted by atomic mass is 9.85. The summed E-state index contributed by atoms with van der Waals surface area (Å²) in [6.07, 6.45) is 3.52. The Bertz CT molecular complexity index is 882. The molecule has 2 amide bonds. The molecule has 1 aromatic heterocycles. The Kier molecular flexibility index (Phi) is 6.85. The molecule has 7 nitrogen and oxygen atoms in total. The largest absolute Gasteiger partial charge is 0.384 e. The second kappa shape index (κ2) is 9.54. The molecule has 0 aliphatic heterocycles. The van der Waals surface area contributed by atoms with Crippen LogP contribution in [0.15, 0.2) is 39.6 Å². The van der Waals surface area contributed by atoms with Crippen LogP contribution in [-0.4, -0.2) is 23.0 Å². The van der Waals surface area contributed by atoms with Crippen molar-refractivity contribution in [2.75, 3.05) is 0 Å². The molecule has 8 heteroatoms. The van der Waals surface area contributed by atoms with Gasteiger partial charge < -0.3 is 15.2 Å². The van der Waals surface area contributed by atoms with E-state index in [1.54, 1.807) is 12.1 Å². The van der Waals surface area contributed by atoms with Crippen LogP contribution >= 0.6 is 0 Å². The van der Waals surface area contributed by atoms with Crippen LogP contribution in [0.2, 0.25) is 0 Å². The monoisotopic (exact) mass is 403 g/mol. The fourth-order valence-electron chi connectivity index (χ4n) is 3.65. The average Bonchev–Trinajstić information content (AvgIpc) is 3.12. The number of aryl methyl sites for hydroxylation is 1. The second-order valence-electron chi connectivity index (χ2n) is 7.58. The van der Waals surface area contributed by atoms with E-state index >= 15 is 0 Å². The maximum Gasteiger partial charge on any atom is 0.280 e. The third kappa shape index (κ3) is 6.04. The molecule has 1 heterocycles. The summed E-state index contributed by atoms with van der Waals surface area (Å²) in [7, 11) is 0. The van der Waals surface area contributed by atoms with Gasteiger partial charge in [0.1, 0.15) is 11.6 Å². The van der Waals surface area contributed by atoms with Crippen LogP contribution in [-0.2, 0) is 16.0 Å². The average molecular weight is 403 g/mol. The third-order valence-electron chi connectivity index (χ3n) is 5.37. The summed E-state index contributed by atoms with van der Waals surface area (Å²) in [6, 6.07) is 7.32. The predicted octanol–water partition coefficient (Wildman–Crippen LogP) is 2.59. The van der Waals surface area contributed by atoms with Gasteiger partial charge in [0.15, 0.2) is 0 Å². The summed E-state index contributed by atoms with van der Waals surface area (Å²) in [5.41, 5.74) is 0.546. The van der Waals surface area contributed by atoms with Gasteiger partial charge in [-0.2, -0.15) is 5.16 Å². The van der Waals surface area contributed by atoms with Gasteiger partial charge in [0, 0.05) is 30.9 Å². The lowest BCUT2D eigenvalue weighted by molar-refractivity contribution is -0.126. The summed E-state index contributed by atoms with van der Waals surface area (Å²) in [4.78, 5) is 35.6. The van der Waals surface area contributed by atoms with Crippen molar-refractivity contribution in [3.05, 3.63) is 57.8 Å². The minimum absolute atomic E-state index is 0.00547. The summed E-state index contributed by atoms with van der Waals surface area (Å²) < 4.78 is 18.0. The summed E-state index contributed by atoms with van der Waals surface area (Å²) in [5.74, 6) is -0.0212. The van der Waals surface area contributed by atoms with Crippen molar-refractivity contribution in [1.29, 1.82) is 0 Å². The van der Waals surface area contributed by atoms with Gasteiger partial charge >= 0.3 is 0 Å². The predicted molar refractivity (Wildman–Crippen MR) is 104 cm³/mol. The maximum absolute atomic E-state index is 13.0. The van der Waals surface area contributed by atoms with Crippen molar-refractivity contribution in [3.8, 4) is 0 Å². The Morgan fingerprint density at radius 2 is 1.90 bits per heavy atom. The maximum atomic E-state index is 13.0. The molecule has 1 aromatic carbocycles. The molecule has 0 bridgehead atoms. The molecular formula is C21H26FN3O4. The van der Waals surface area contributed by atoms with Crippen LogP contribution in [0, 0.1) is 11.7 Å². The molecule has 1 aliphatic carbocycles. The molecule has 3 N–H and O–H groups in total. The van der Waals surface area contributed by atoms with E-state index in [0.717, 1.165) is 18.4 Å². The Balaban J connectivity index is 1.38. The topological polar surface area (TPSA) is 104 Å². The van der Waals surface area contributed by atoms with E-state index < -0.39 is 0 Å². The van der Waals surface area contributed by atoms with Crippen LogP contribution in [0.5, 0.6) is 0 Å². The van der Waals surface area contributed by atoms with Crippen LogP contribution in [0.3, 0.4) is 0 Å². The van der Waals surface area contributed by atoms with Crippen molar-refractivity contribution in [2.24, 2.45) is 5.92 Å². The number of carbonyl (C=O) groups excluding carboxylic acids is 2. The Morgan fingerprint density at radius 3 is 2.52 bits per heavy atom. The SMILES string of the molecule is CC(NC(=O)C1CCC(NC(=O)CCc2cc(=O)[nH]o2)CC1)c1ccc(F)cc1. The van der Waals surface area contributed by atoms with Gasteiger partial charge in [0.05, 0.1) is 6.04 Å². The molecule has 1 atom stereocenters. The first-order valence-corrected chi connectivity index (χ1v) is 9.93. The van der Waals surface area contributed by atoms with Crippen molar-refractivity contribution in [2.45, 2.75) is 57.5 Å². The zero-order valence-electron chi connectivity index (χ0n) is 16.4. The van der Waals surface area contributed by atoms with Crippen LogP contribution in [0.4, 0.5) is 4.39 Å². The van der Waals surface area contributed by atoms with Gasteiger partial charge in [0.25, 0.3) is 5.56 Å². The highest BCUT2D eigenvalue weighted by Gasteiger charge is 2.27. The van der Waals surface area contributed by atoms with Crippen molar-refractivity contribution in [1.82, 2.24) is 15.8 Å². The van der Waals surface area contributed by atoms with Crippen LogP contribution < -0.4 is 16.2 Å². The van der Waals surface area contributed by atoms with Gasteiger partial charge in [-0.3, -0.25) is 14.4 Å². The molecule has 2 aromatic rings. The second-order valence-corrected chi connectivity index (χ2v) is 7.58. The minimum atomic E-state index is -0.314. The number of benzene rings is 1. The Morgan fingerprint density at radius 1 is 1.21 bits per heavy atom. The number of aromatic amines is 1. The minimum Gasteiger partial charge on any atom is -0.384 e. The van der Waals surface area contributed by atoms with Gasteiger partial charge in [0.2, 0.25) is 11.8 Å². The quantitative estimate of drug-likeness (QED) is 0.661. The molecule has 1 unspecified atom stereocenters. The Hall–Kier alpha value is -2.90. The molecule has 0 radical (unpaired) electrons. The van der Waals surface area contributed by atoms with E-state index in [-0.39, 0.29) is 47.6 Å². The first kappa shape index (κ1) is 20.8. The zero-order valence-corrected chi connectivity index (χ0v) is 16.4. The smallest absolute Gasteiger partial charge is 0.280 e. The number of amides is 2. The molecule has 0 spiro atoms. The first-order chi connectivity index (χ1) is 13.9. The number of nitrogens with one attached hydrogen (secondary N) is 3. The van der Waals surface area contributed by atoms with E-state index in [2.05, 4.69) is 15.8 Å². The first-order valence-electron chi connectivity index (χ1n) is 9.93. The number of H-pyrrole nitrogens is 1. The fourth-order valence-corrected chi connectivity index (χ4v) is 3.65. The summed E-state index contributed by atoms with van der Waals surface area (Å²) in [5, 5.41) is 8.18. The highest BCUT2D eigenvalue weighted by molar-refractivity contribution is 5.79. The molecule has 1 fully saturated rings. The summed E-state index contributed by atoms with van der Waals surface area (Å²) in [6.45, 7) is 1.88.